The predicted molar refractivity (Wildman–Crippen MR) is 120 cm³/mol. The third-order valence-corrected chi connectivity index (χ3v) is 6.61. The molecule has 1 amide bonds. The summed E-state index contributed by atoms with van der Waals surface area (Å²) in [5, 5.41) is 2.83. The molecule has 3 aromatic rings. The summed E-state index contributed by atoms with van der Waals surface area (Å²) in [7, 11) is -3.89. The van der Waals surface area contributed by atoms with E-state index in [0.717, 1.165) is 27.4 Å². The number of amides is 1. The van der Waals surface area contributed by atoms with Crippen LogP contribution in [0.3, 0.4) is 0 Å². The van der Waals surface area contributed by atoms with Gasteiger partial charge in [0.15, 0.2) is 0 Å². The van der Waals surface area contributed by atoms with Crippen LogP contribution in [0.1, 0.15) is 23.6 Å². The lowest BCUT2D eigenvalue weighted by atomic mass is 10.1. The molecule has 0 bridgehead atoms. The Bertz CT molecular complexity index is 1090. The van der Waals surface area contributed by atoms with E-state index >= 15 is 0 Å². The number of nitrogens with one attached hydrogen (secondary N) is 1. The fourth-order valence-electron chi connectivity index (χ4n) is 3.14. The maximum atomic E-state index is 13.3. The summed E-state index contributed by atoms with van der Waals surface area (Å²) in [6.07, 6.45) is 0.850. The molecule has 0 fully saturated rings. The second-order valence-corrected chi connectivity index (χ2v) is 8.97. The van der Waals surface area contributed by atoms with E-state index in [1.807, 2.05) is 50.2 Å². The van der Waals surface area contributed by atoms with Crippen LogP contribution in [0.15, 0.2) is 83.8 Å². The van der Waals surface area contributed by atoms with Gasteiger partial charge >= 0.3 is 0 Å². The van der Waals surface area contributed by atoms with E-state index in [4.69, 9.17) is 0 Å². The molecule has 0 aliphatic carbocycles. The van der Waals surface area contributed by atoms with Crippen molar-refractivity contribution in [3.8, 4) is 0 Å². The first-order valence-electron chi connectivity index (χ1n) is 9.89. The van der Waals surface area contributed by atoms with E-state index in [2.05, 4.69) is 5.32 Å². The molecule has 156 valence electrons. The second-order valence-electron chi connectivity index (χ2n) is 7.11. The minimum atomic E-state index is -3.89. The number of aryl methyl sites for hydroxylation is 2. The zero-order valence-electron chi connectivity index (χ0n) is 17.2. The van der Waals surface area contributed by atoms with Crippen LogP contribution >= 0.6 is 0 Å². The minimum absolute atomic E-state index is 0.149. The third kappa shape index (κ3) is 5.27. The van der Waals surface area contributed by atoms with E-state index in [-0.39, 0.29) is 17.3 Å². The Labute approximate surface area is 178 Å². The molecule has 0 aliphatic rings. The Kier molecular flexibility index (Phi) is 6.90. The van der Waals surface area contributed by atoms with Gasteiger partial charge in [-0.3, -0.25) is 9.10 Å². The van der Waals surface area contributed by atoms with Crippen molar-refractivity contribution in [2.24, 2.45) is 0 Å². The van der Waals surface area contributed by atoms with Crippen LogP contribution < -0.4 is 9.62 Å². The molecule has 30 heavy (non-hydrogen) atoms. The Morgan fingerprint density at radius 3 is 2.23 bits per heavy atom. The summed E-state index contributed by atoms with van der Waals surface area (Å²) < 4.78 is 27.7. The lowest BCUT2D eigenvalue weighted by Crippen LogP contribution is -2.40. The Hall–Kier alpha value is -3.12. The summed E-state index contributed by atoms with van der Waals surface area (Å²) in [5.74, 6) is -0.365. The molecule has 0 unspecified atom stereocenters. The van der Waals surface area contributed by atoms with Crippen molar-refractivity contribution in [2.75, 3.05) is 10.8 Å². The maximum Gasteiger partial charge on any atom is 0.264 e. The summed E-state index contributed by atoms with van der Waals surface area (Å²) in [5.41, 5.74) is 3.63. The van der Waals surface area contributed by atoms with Crippen LogP contribution in [0.25, 0.3) is 0 Å². The third-order valence-electron chi connectivity index (χ3n) is 4.82. The Morgan fingerprint density at radius 2 is 1.60 bits per heavy atom. The van der Waals surface area contributed by atoms with Crippen LogP contribution in [-0.2, 0) is 27.8 Å². The monoisotopic (exact) mass is 422 g/mol. The van der Waals surface area contributed by atoms with Crippen molar-refractivity contribution >= 4 is 21.6 Å². The van der Waals surface area contributed by atoms with Crippen molar-refractivity contribution in [3.05, 3.63) is 95.6 Å². The van der Waals surface area contributed by atoms with Crippen LogP contribution in [0.5, 0.6) is 0 Å². The number of sulfonamides is 1. The first-order chi connectivity index (χ1) is 14.4. The average molecular weight is 423 g/mol. The molecule has 0 spiro atoms. The number of hydrogen-bond donors (Lipinski definition) is 1. The van der Waals surface area contributed by atoms with Gasteiger partial charge in [-0.1, -0.05) is 67.1 Å². The van der Waals surface area contributed by atoms with Gasteiger partial charge in [0.25, 0.3) is 10.0 Å². The standard InChI is InChI=1S/C24H26N2O3S/c1-3-20-12-14-22(15-13-20)26(30(28,29)23-10-5-4-6-11-23)18-24(27)25-17-21-9-7-8-19(2)16-21/h4-16H,3,17-18H2,1-2H3,(H,25,27). The molecule has 1 N–H and O–H groups in total. The normalized spacial score (nSPS) is 11.1. The molecule has 0 saturated carbocycles. The van der Waals surface area contributed by atoms with E-state index in [1.165, 1.54) is 12.1 Å². The van der Waals surface area contributed by atoms with Gasteiger partial charge < -0.3 is 5.32 Å². The summed E-state index contributed by atoms with van der Waals surface area (Å²) in [6, 6.07) is 23.2. The fraction of sp³-hybridized carbons (Fsp3) is 0.208. The lowest BCUT2D eigenvalue weighted by molar-refractivity contribution is -0.119. The molecule has 6 heteroatoms. The molecule has 0 aliphatic heterocycles. The van der Waals surface area contributed by atoms with Crippen molar-refractivity contribution in [1.29, 1.82) is 0 Å². The number of benzene rings is 3. The average Bonchev–Trinajstić information content (AvgIpc) is 2.77. The molecular weight excluding hydrogens is 396 g/mol. The molecule has 3 aromatic carbocycles. The van der Waals surface area contributed by atoms with Crippen LogP contribution in [-0.4, -0.2) is 20.9 Å². The number of rotatable bonds is 8. The van der Waals surface area contributed by atoms with Gasteiger partial charge in [0.05, 0.1) is 10.6 Å². The fourth-order valence-corrected chi connectivity index (χ4v) is 4.58. The summed E-state index contributed by atoms with van der Waals surface area (Å²) in [4.78, 5) is 12.8. The van der Waals surface area contributed by atoms with Gasteiger partial charge in [0, 0.05) is 6.54 Å². The molecular formula is C24H26N2O3S. The smallest absolute Gasteiger partial charge is 0.264 e. The van der Waals surface area contributed by atoms with Gasteiger partial charge in [0.1, 0.15) is 6.54 Å². The number of carbonyl (C=O) groups excluding carboxylic acids is 1. The molecule has 0 heterocycles. The predicted octanol–water partition coefficient (Wildman–Crippen LogP) is 4.07. The van der Waals surface area contributed by atoms with Crippen molar-refractivity contribution in [1.82, 2.24) is 5.32 Å². The molecule has 0 atom stereocenters. The molecule has 0 radical (unpaired) electrons. The maximum absolute atomic E-state index is 13.3. The molecule has 0 saturated heterocycles. The van der Waals surface area contributed by atoms with Crippen LogP contribution in [0, 0.1) is 6.92 Å². The van der Waals surface area contributed by atoms with Gasteiger partial charge in [-0.05, 0) is 48.7 Å². The second kappa shape index (κ2) is 9.59. The van der Waals surface area contributed by atoms with Crippen LogP contribution in [0.4, 0.5) is 5.69 Å². The van der Waals surface area contributed by atoms with Crippen molar-refractivity contribution in [2.45, 2.75) is 31.7 Å². The number of hydrogen-bond acceptors (Lipinski definition) is 3. The Balaban J connectivity index is 1.84. The van der Waals surface area contributed by atoms with Gasteiger partial charge in [-0.2, -0.15) is 0 Å². The highest BCUT2D eigenvalue weighted by molar-refractivity contribution is 7.92. The highest BCUT2D eigenvalue weighted by atomic mass is 32.2. The number of anilines is 1. The zero-order valence-corrected chi connectivity index (χ0v) is 18.0. The molecule has 5 nitrogen and oxygen atoms in total. The van der Waals surface area contributed by atoms with E-state index in [1.54, 1.807) is 30.3 Å². The van der Waals surface area contributed by atoms with Crippen molar-refractivity contribution < 1.29 is 13.2 Å². The first kappa shape index (κ1) is 21.6. The van der Waals surface area contributed by atoms with E-state index in [9.17, 15) is 13.2 Å². The zero-order chi connectivity index (χ0) is 21.6. The summed E-state index contributed by atoms with van der Waals surface area (Å²) in [6.45, 7) is 4.06. The quantitative estimate of drug-likeness (QED) is 0.595. The highest BCUT2D eigenvalue weighted by Gasteiger charge is 2.27. The highest BCUT2D eigenvalue weighted by Crippen LogP contribution is 2.24. The SMILES string of the molecule is CCc1ccc(N(CC(=O)NCc2cccc(C)c2)S(=O)(=O)c2ccccc2)cc1. The topological polar surface area (TPSA) is 66.5 Å². The van der Waals surface area contributed by atoms with Crippen LogP contribution in [0.2, 0.25) is 0 Å². The summed E-state index contributed by atoms with van der Waals surface area (Å²) >= 11 is 0. The Morgan fingerprint density at radius 1 is 0.900 bits per heavy atom. The van der Waals surface area contributed by atoms with Gasteiger partial charge in [-0.15, -0.1) is 0 Å². The largest absolute Gasteiger partial charge is 0.350 e. The van der Waals surface area contributed by atoms with Gasteiger partial charge in [-0.25, -0.2) is 8.42 Å². The van der Waals surface area contributed by atoms with Gasteiger partial charge in [0.2, 0.25) is 5.91 Å². The minimum Gasteiger partial charge on any atom is -0.350 e. The van der Waals surface area contributed by atoms with Crippen molar-refractivity contribution in [3.63, 3.8) is 0 Å². The number of carbonyl (C=O) groups is 1. The molecule has 3 rings (SSSR count). The molecule has 0 aromatic heterocycles. The first-order valence-corrected chi connectivity index (χ1v) is 11.3. The van der Waals surface area contributed by atoms with E-state index in [0.29, 0.717) is 12.2 Å². The number of nitrogens with zero attached hydrogens (tertiary/aromatic N) is 1. The van der Waals surface area contributed by atoms with E-state index < -0.39 is 10.0 Å². The lowest BCUT2D eigenvalue weighted by Gasteiger charge is -2.24.